The second-order valence-corrected chi connectivity index (χ2v) is 4.18. The maximum atomic E-state index is 11.8. The number of esters is 2. The van der Waals surface area contributed by atoms with Gasteiger partial charge in [-0.25, -0.2) is 14.8 Å². The van der Waals surface area contributed by atoms with E-state index in [2.05, 4.69) is 19.4 Å². The number of nitrogens with zero attached hydrogens (tertiary/aromatic N) is 3. The van der Waals surface area contributed by atoms with Crippen LogP contribution in [0.4, 0.5) is 5.82 Å². The fourth-order valence-electron chi connectivity index (χ4n) is 1.92. The van der Waals surface area contributed by atoms with Crippen LogP contribution in [0, 0.1) is 5.92 Å². The largest absolute Gasteiger partial charge is 0.469 e. The first kappa shape index (κ1) is 13.9. The van der Waals surface area contributed by atoms with Gasteiger partial charge in [-0.15, -0.1) is 0 Å². The Morgan fingerprint density at radius 2 is 2.00 bits per heavy atom. The topological polar surface area (TPSA) is 98.7 Å². The summed E-state index contributed by atoms with van der Waals surface area (Å²) in [5.41, 5.74) is 0.0485. The van der Waals surface area contributed by atoms with Crippen molar-refractivity contribution in [2.45, 2.75) is 6.42 Å². The fourth-order valence-corrected chi connectivity index (χ4v) is 1.92. The number of hydrogen-bond acceptors (Lipinski definition) is 7. The molecule has 1 saturated heterocycles. The van der Waals surface area contributed by atoms with Crippen LogP contribution in [-0.2, 0) is 19.1 Å². The number of carbonyl (C=O) groups is 3. The Morgan fingerprint density at radius 3 is 2.55 bits per heavy atom. The Bertz CT molecular complexity index is 543. The lowest BCUT2D eigenvalue weighted by Gasteiger charge is -2.14. The third-order valence-electron chi connectivity index (χ3n) is 2.97. The average molecular weight is 279 g/mol. The van der Waals surface area contributed by atoms with Crippen LogP contribution in [0.3, 0.4) is 0 Å². The Morgan fingerprint density at radius 1 is 1.25 bits per heavy atom. The van der Waals surface area contributed by atoms with E-state index in [1.807, 2.05) is 0 Å². The predicted octanol–water partition coefficient (Wildman–Crippen LogP) is -0.211. The van der Waals surface area contributed by atoms with Gasteiger partial charge in [-0.05, 0) is 0 Å². The lowest BCUT2D eigenvalue weighted by Crippen LogP contribution is -2.27. The van der Waals surface area contributed by atoms with Gasteiger partial charge in [-0.3, -0.25) is 14.5 Å². The monoisotopic (exact) mass is 279 g/mol. The highest BCUT2D eigenvalue weighted by atomic mass is 16.5. The summed E-state index contributed by atoms with van der Waals surface area (Å²) in [6.07, 6.45) is 2.59. The molecule has 1 aromatic heterocycles. The highest BCUT2D eigenvalue weighted by Crippen LogP contribution is 2.23. The van der Waals surface area contributed by atoms with Crippen LogP contribution in [0.15, 0.2) is 12.4 Å². The molecule has 1 aliphatic heterocycles. The molecule has 8 nitrogen and oxygen atoms in total. The fraction of sp³-hybridized carbons (Fsp3) is 0.417. The molecule has 2 rings (SSSR count). The van der Waals surface area contributed by atoms with Gasteiger partial charge in [0.25, 0.3) is 0 Å². The summed E-state index contributed by atoms with van der Waals surface area (Å²) in [6, 6.07) is 0. The third-order valence-corrected chi connectivity index (χ3v) is 2.97. The van der Waals surface area contributed by atoms with Crippen molar-refractivity contribution in [2.24, 2.45) is 5.92 Å². The van der Waals surface area contributed by atoms with Gasteiger partial charge in [0.1, 0.15) is 0 Å². The Balaban J connectivity index is 2.14. The Hall–Kier alpha value is -2.51. The van der Waals surface area contributed by atoms with E-state index in [0.29, 0.717) is 0 Å². The molecule has 0 saturated carbocycles. The minimum absolute atomic E-state index is 0.0485. The molecule has 1 amide bonds. The molecule has 0 radical (unpaired) electrons. The van der Waals surface area contributed by atoms with Gasteiger partial charge in [0.05, 0.1) is 32.5 Å². The first-order chi connectivity index (χ1) is 9.56. The molecule has 1 aromatic rings. The van der Waals surface area contributed by atoms with Crippen molar-refractivity contribution < 1.29 is 23.9 Å². The van der Waals surface area contributed by atoms with E-state index < -0.39 is 17.9 Å². The molecule has 20 heavy (non-hydrogen) atoms. The molecule has 8 heteroatoms. The molecule has 2 heterocycles. The molecular formula is C12H13N3O5. The highest BCUT2D eigenvalue weighted by Gasteiger charge is 2.36. The summed E-state index contributed by atoms with van der Waals surface area (Å²) in [5.74, 6) is -1.49. The van der Waals surface area contributed by atoms with E-state index >= 15 is 0 Å². The Labute approximate surface area is 114 Å². The summed E-state index contributed by atoms with van der Waals surface area (Å²) in [7, 11) is 2.52. The smallest absolute Gasteiger partial charge is 0.358 e. The van der Waals surface area contributed by atoms with E-state index in [9.17, 15) is 14.4 Å². The first-order valence-electron chi connectivity index (χ1n) is 5.85. The van der Waals surface area contributed by atoms with Crippen LogP contribution in [-0.4, -0.2) is 48.6 Å². The van der Waals surface area contributed by atoms with Crippen LogP contribution in [0.5, 0.6) is 0 Å². The molecule has 1 aliphatic rings. The van der Waals surface area contributed by atoms with Crippen LogP contribution >= 0.6 is 0 Å². The van der Waals surface area contributed by atoms with E-state index in [0.717, 1.165) is 0 Å². The standard InChI is InChI=1S/C12H13N3O5/c1-19-11(17)7-3-10(16)15(6-7)9-5-13-8(4-14-9)12(18)20-2/h4-5,7H,3,6H2,1-2H3. The van der Waals surface area contributed by atoms with Gasteiger partial charge < -0.3 is 9.47 Å². The minimum atomic E-state index is -0.607. The van der Waals surface area contributed by atoms with Crippen molar-refractivity contribution in [2.75, 3.05) is 25.7 Å². The zero-order chi connectivity index (χ0) is 14.7. The van der Waals surface area contributed by atoms with E-state index in [-0.39, 0.29) is 30.4 Å². The molecule has 0 aromatic carbocycles. The minimum Gasteiger partial charge on any atom is -0.469 e. The van der Waals surface area contributed by atoms with Gasteiger partial charge in [-0.2, -0.15) is 0 Å². The lowest BCUT2D eigenvalue weighted by molar-refractivity contribution is -0.145. The van der Waals surface area contributed by atoms with Gasteiger partial charge in [0.2, 0.25) is 5.91 Å². The summed E-state index contributed by atoms with van der Waals surface area (Å²) < 4.78 is 9.12. The molecule has 0 N–H and O–H groups in total. The number of methoxy groups -OCH3 is 2. The van der Waals surface area contributed by atoms with Crippen LogP contribution < -0.4 is 4.90 Å². The van der Waals surface area contributed by atoms with Crippen molar-refractivity contribution >= 4 is 23.7 Å². The van der Waals surface area contributed by atoms with Crippen molar-refractivity contribution in [3.63, 3.8) is 0 Å². The quantitative estimate of drug-likeness (QED) is 0.706. The van der Waals surface area contributed by atoms with Crippen molar-refractivity contribution in [1.82, 2.24) is 9.97 Å². The number of aromatic nitrogens is 2. The number of rotatable bonds is 3. The molecule has 0 bridgehead atoms. The highest BCUT2D eigenvalue weighted by molar-refractivity contribution is 5.98. The van der Waals surface area contributed by atoms with E-state index in [4.69, 9.17) is 0 Å². The Kier molecular flexibility index (Phi) is 3.92. The number of anilines is 1. The second-order valence-electron chi connectivity index (χ2n) is 4.18. The predicted molar refractivity (Wildman–Crippen MR) is 65.8 cm³/mol. The summed E-state index contributed by atoms with van der Waals surface area (Å²) in [5, 5.41) is 0. The molecule has 106 valence electrons. The van der Waals surface area contributed by atoms with Crippen molar-refractivity contribution in [3.05, 3.63) is 18.1 Å². The molecule has 1 unspecified atom stereocenters. The molecule has 1 fully saturated rings. The molecule has 1 atom stereocenters. The normalized spacial score (nSPS) is 18.0. The lowest BCUT2D eigenvalue weighted by atomic mass is 10.1. The molecule has 0 spiro atoms. The zero-order valence-corrected chi connectivity index (χ0v) is 11.0. The maximum Gasteiger partial charge on any atom is 0.358 e. The summed E-state index contributed by atoms with van der Waals surface area (Å²) >= 11 is 0. The van der Waals surface area contributed by atoms with Crippen LogP contribution in [0.1, 0.15) is 16.9 Å². The van der Waals surface area contributed by atoms with Crippen LogP contribution in [0.2, 0.25) is 0 Å². The van der Waals surface area contributed by atoms with E-state index in [1.165, 1.54) is 31.5 Å². The first-order valence-corrected chi connectivity index (χ1v) is 5.85. The third kappa shape index (κ3) is 2.58. The maximum absolute atomic E-state index is 11.8. The second kappa shape index (κ2) is 5.64. The number of amides is 1. The van der Waals surface area contributed by atoms with Gasteiger partial charge in [0, 0.05) is 13.0 Å². The van der Waals surface area contributed by atoms with Gasteiger partial charge in [0.15, 0.2) is 11.5 Å². The van der Waals surface area contributed by atoms with Crippen LogP contribution in [0.25, 0.3) is 0 Å². The summed E-state index contributed by atoms with van der Waals surface area (Å²) in [4.78, 5) is 43.7. The zero-order valence-electron chi connectivity index (χ0n) is 11.0. The number of ether oxygens (including phenoxy) is 2. The average Bonchev–Trinajstić information content (AvgIpc) is 2.87. The van der Waals surface area contributed by atoms with Gasteiger partial charge >= 0.3 is 11.9 Å². The number of carbonyl (C=O) groups excluding carboxylic acids is 3. The van der Waals surface area contributed by atoms with Crippen molar-refractivity contribution in [1.29, 1.82) is 0 Å². The molecular weight excluding hydrogens is 266 g/mol. The molecule has 0 aliphatic carbocycles. The van der Waals surface area contributed by atoms with Crippen molar-refractivity contribution in [3.8, 4) is 0 Å². The SMILES string of the molecule is COC(=O)c1cnc(N2CC(C(=O)OC)CC2=O)cn1. The summed E-state index contributed by atoms with van der Waals surface area (Å²) in [6.45, 7) is 0.192. The number of hydrogen-bond donors (Lipinski definition) is 0. The van der Waals surface area contributed by atoms with Gasteiger partial charge in [-0.1, -0.05) is 0 Å². The van der Waals surface area contributed by atoms with E-state index in [1.54, 1.807) is 0 Å².